The molecule has 0 radical (unpaired) electrons. The normalized spacial score (nSPS) is 17.9. The molecule has 1 aliphatic rings. The van der Waals surface area contributed by atoms with Crippen LogP contribution in [0.2, 0.25) is 5.02 Å². The summed E-state index contributed by atoms with van der Waals surface area (Å²) in [5.41, 5.74) is 0.598. The second kappa shape index (κ2) is 13.2. The minimum atomic E-state index is -4.31. The monoisotopic (exact) mass is 537 g/mol. The molecule has 0 unspecified atom stereocenters. The summed E-state index contributed by atoms with van der Waals surface area (Å²) in [6.45, 7) is 4.90. The van der Waals surface area contributed by atoms with Crippen LogP contribution in [0.4, 0.5) is 17.6 Å². The molecule has 1 fully saturated rings. The summed E-state index contributed by atoms with van der Waals surface area (Å²) >= 11 is 5.70. The number of hydrogen-bond donors (Lipinski definition) is 1. The molecule has 0 bridgehead atoms. The predicted octanol–water partition coefficient (Wildman–Crippen LogP) is 5.74. The third kappa shape index (κ3) is 8.42. The smallest absolute Gasteiger partial charge is 0.350 e. The highest BCUT2D eigenvalue weighted by molar-refractivity contribution is 7.51. The van der Waals surface area contributed by atoms with Crippen LogP contribution >= 0.6 is 11.6 Å². The molecule has 194 valence electrons. The van der Waals surface area contributed by atoms with Gasteiger partial charge in [0.15, 0.2) is 5.69 Å². The van der Waals surface area contributed by atoms with E-state index < -0.39 is 35.9 Å². The minimum Gasteiger partial charge on any atom is -0.350 e. The summed E-state index contributed by atoms with van der Waals surface area (Å²) in [6, 6.07) is 3.91. The lowest BCUT2D eigenvalue weighted by atomic mass is 9.83. The van der Waals surface area contributed by atoms with Crippen molar-refractivity contribution < 1.29 is 30.8 Å². The molecule has 1 aromatic heterocycles. The maximum Gasteiger partial charge on any atom is 0.389 e. The van der Waals surface area contributed by atoms with E-state index in [2.05, 4.69) is 17.3 Å². The maximum atomic E-state index is 14.8. The zero-order chi connectivity index (χ0) is 26.2. The van der Waals surface area contributed by atoms with E-state index in [1.54, 1.807) is 6.92 Å². The minimum absolute atomic E-state index is 0.0215. The fourth-order valence-corrected chi connectivity index (χ4v) is 4.44. The van der Waals surface area contributed by atoms with E-state index in [4.69, 9.17) is 20.0 Å². The van der Waals surface area contributed by atoms with Crippen LogP contribution in [0, 0.1) is 17.7 Å². The van der Waals surface area contributed by atoms with E-state index >= 15 is 0 Å². The molecule has 2 aromatic rings. The topological polar surface area (TPSA) is 81.1 Å². The van der Waals surface area contributed by atoms with Gasteiger partial charge in [0, 0.05) is 25.1 Å². The molecule has 1 amide bonds. The zero-order valence-electron chi connectivity index (χ0n) is 19.5. The van der Waals surface area contributed by atoms with Crippen molar-refractivity contribution in [2.75, 3.05) is 6.54 Å². The van der Waals surface area contributed by atoms with Crippen molar-refractivity contribution in [3.63, 3.8) is 0 Å². The lowest BCUT2D eigenvalue weighted by molar-refractivity contribution is -0.134. The van der Waals surface area contributed by atoms with Gasteiger partial charge in [-0.2, -0.15) is 26.7 Å². The van der Waals surface area contributed by atoms with Crippen molar-refractivity contribution in [2.24, 2.45) is 11.8 Å². The Morgan fingerprint density at radius 2 is 1.86 bits per heavy atom. The van der Waals surface area contributed by atoms with Crippen LogP contribution in [-0.4, -0.2) is 36.8 Å². The number of nitrogens with zero attached hydrogens (tertiary/aromatic N) is 2. The Morgan fingerprint density at radius 3 is 2.40 bits per heavy atom. The Labute approximate surface area is 210 Å². The van der Waals surface area contributed by atoms with Crippen LogP contribution in [0.15, 0.2) is 18.2 Å². The van der Waals surface area contributed by atoms with E-state index in [0.29, 0.717) is 24.9 Å². The highest BCUT2D eigenvalue weighted by Gasteiger charge is 2.28. The molecule has 6 nitrogen and oxygen atoms in total. The molecule has 1 heterocycles. The number of rotatable bonds is 7. The van der Waals surface area contributed by atoms with Gasteiger partial charge in [0.1, 0.15) is 5.82 Å². The van der Waals surface area contributed by atoms with Crippen molar-refractivity contribution in [1.29, 1.82) is 0 Å². The largest absolute Gasteiger partial charge is 0.389 e. The molecule has 12 heteroatoms. The van der Waals surface area contributed by atoms with Crippen LogP contribution < -0.4 is 5.32 Å². The SMILES string of the molecule is CCn1nc(C(=O)NCC2CCC(C)CC2)c(Cl)c1-c1ccc(CCC(F)(F)F)cc1F.O=S=O. The summed E-state index contributed by atoms with van der Waals surface area (Å²) in [4.78, 5) is 12.7. The summed E-state index contributed by atoms with van der Waals surface area (Å²) < 4.78 is 70.2. The third-order valence-electron chi connectivity index (χ3n) is 6.08. The highest BCUT2D eigenvalue weighted by atomic mass is 35.5. The molecular weight excluding hydrogens is 510 g/mol. The van der Waals surface area contributed by atoms with Crippen molar-refractivity contribution in [3.05, 3.63) is 40.3 Å². The second-order valence-corrected chi connectivity index (χ2v) is 9.17. The standard InChI is InChI=1S/C23H28ClF4N3O.O2S/c1-3-31-21(17-9-8-15(12-18(17)25)10-11-23(26,27)28)19(24)20(30-31)22(32)29-13-16-6-4-14(2)5-7-16;1-3-2/h8-9,12,14,16H,3-7,10-11,13H2,1-2H3,(H,29,32);. The molecule has 3 rings (SSSR count). The number of halogens is 5. The molecule has 1 aromatic carbocycles. The molecule has 0 atom stereocenters. The number of aromatic nitrogens is 2. The number of alkyl halides is 3. The van der Waals surface area contributed by atoms with E-state index in [9.17, 15) is 22.4 Å². The average Bonchev–Trinajstić information content (AvgIpc) is 3.13. The lowest BCUT2D eigenvalue weighted by Crippen LogP contribution is -2.31. The van der Waals surface area contributed by atoms with Gasteiger partial charge in [-0.25, -0.2) is 4.39 Å². The molecule has 0 spiro atoms. The number of carbonyl (C=O) groups is 1. The van der Waals surface area contributed by atoms with E-state index in [1.165, 1.54) is 16.8 Å². The molecule has 1 N–H and O–H groups in total. The number of benzene rings is 1. The van der Waals surface area contributed by atoms with Crippen LogP contribution in [-0.2, 0) is 24.5 Å². The summed E-state index contributed by atoms with van der Waals surface area (Å²) in [5.74, 6) is 0.0195. The van der Waals surface area contributed by atoms with Crippen LogP contribution in [0.1, 0.15) is 62.0 Å². The van der Waals surface area contributed by atoms with Crippen LogP contribution in [0.3, 0.4) is 0 Å². The first kappa shape index (κ1) is 29.0. The number of nitrogens with one attached hydrogen (secondary N) is 1. The molecule has 35 heavy (non-hydrogen) atoms. The lowest BCUT2D eigenvalue weighted by Gasteiger charge is -2.26. The van der Waals surface area contributed by atoms with Gasteiger partial charge in [0.2, 0.25) is 0 Å². The molecule has 0 aliphatic heterocycles. The predicted molar refractivity (Wildman–Crippen MR) is 125 cm³/mol. The third-order valence-corrected chi connectivity index (χ3v) is 6.44. The molecular formula is C23H28ClF4N3O3S. The van der Waals surface area contributed by atoms with Crippen molar-refractivity contribution in [1.82, 2.24) is 15.1 Å². The van der Waals surface area contributed by atoms with Gasteiger partial charge in [-0.3, -0.25) is 9.48 Å². The van der Waals surface area contributed by atoms with Gasteiger partial charge in [-0.1, -0.05) is 37.4 Å². The van der Waals surface area contributed by atoms with Gasteiger partial charge < -0.3 is 5.32 Å². The molecule has 1 aliphatic carbocycles. The van der Waals surface area contributed by atoms with E-state index in [-0.39, 0.29) is 34.0 Å². The fourth-order valence-electron chi connectivity index (χ4n) is 4.12. The fraction of sp³-hybridized carbons (Fsp3) is 0.565. The maximum absolute atomic E-state index is 14.8. The number of amides is 1. The average molecular weight is 538 g/mol. The van der Waals surface area contributed by atoms with Crippen molar-refractivity contribution in [3.8, 4) is 11.3 Å². The highest BCUT2D eigenvalue weighted by Crippen LogP contribution is 2.34. The Balaban J connectivity index is 0.00000137. The second-order valence-electron chi connectivity index (χ2n) is 8.66. The first-order valence-electron chi connectivity index (χ1n) is 11.3. The summed E-state index contributed by atoms with van der Waals surface area (Å²) in [6.07, 6.45) is -1.22. The molecule has 0 saturated heterocycles. The number of hydrogen-bond acceptors (Lipinski definition) is 4. The Hall–Kier alpha value is -2.27. The zero-order valence-corrected chi connectivity index (χ0v) is 21.0. The van der Waals surface area contributed by atoms with Gasteiger partial charge >= 0.3 is 17.7 Å². The van der Waals surface area contributed by atoms with E-state index in [0.717, 1.165) is 31.7 Å². The Morgan fingerprint density at radius 1 is 1.23 bits per heavy atom. The first-order valence-corrected chi connectivity index (χ1v) is 12.4. The van der Waals surface area contributed by atoms with Gasteiger partial charge in [0.05, 0.1) is 10.7 Å². The summed E-state index contributed by atoms with van der Waals surface area (Å²) in [5, 5.41) is 7.20. The van der Waals surface area contributed by atoms with Crippen LogP contribution in [0.5, 0.6) is 0 Å². The van der Waals surface area contributed by atoms with Crippen LogP contribution in [0.25, 0.3) is 11.3 Å². The first-order chi connectivity index (χ1) is 16.5. The van der Waals surface area contributed by atoms with Gasteiger partial charge in [-0.15, -0.1) is 0 Å². The van der Waals surface area contributed by atoms with E-state index in [1.807, 2.05) is 0 Å². The summed E-state index contributed by atoms with van der Waals surface area (Å²) in [7, 11) is 0. The molecule has 1 saturated carbocycles. The number of aryl methyl sites for hydroxylation is 2. The van der Waals surface area contributed by atoms with Crippen molar-refractivity contribution in [2.45, 2.75) is 65.1 Å². The quantitative estimate of drug-likeness (QED) is 0.456. The van der Waals surface area contributed by atoms with Gasteiger partial charge in [-0.05, 0) is 55.7 Å². The Bertz CT molecular complexity index is 1050. The Kier molecular flexibility index (Phi) is 10.9. The van der Waals surface area contributed by atoms with Crippen molar-refractivity contribution >= 4 is 29.1 Å². The number of carbonyl (C=O) groups excluding carboxylic acids is 1. The van der Waals surface area contributed by atoms with Gasteiger partial charge in [0.25, 0.3) is 5.91 Å².